The monoisotopic (exact) mass is 295 g/mol. The molecule has 1 aromatic rings. The number of hydrogen-bond acceptors (Lipinski definition) is 4. The van der Waals surface area contributed by atoms with Gasteiger partial charge in [0, 0.05) is 44.0 Å². The number of hydrogen-bond donors (Lipinski definition) is 1. The molecule has 2 rings (SSSR count). The van der Waals surface area contributed by atoms with Crippen molar-refractivity contribution in [3.05, 3.63) is 23.6 Å². The van der Waals surface area contributed by atoms with Crippen LogP contribution in [0.1, 0.15) is 39.2 Å². The molecule has 0 radical (unpaired) electrons. The van der Waals surface area contributed by atoms with Gasteiger partial charge in [0.2, 0.25) is 0 Å². The minimum atomic E-state index is -0.206. The maximum absolute atomic E-state index is 14.6. The van der Waals surface area contributed by atoms with Crippen LogP contribution in [0.3, 0.4) is 0 Å². The second-order valence-corrected chi connectivity index (χ2v) is 5.81. The summed E-state index contributed by atoms with van der Waals surface area (Å²) in [7, 11) is 0. The zero-order chi connectivity index (χ0) is 15.2. The molecule has 2 heterocycles. The van der Waals surface area contributed by atoms with Crippen molar-refractivity contribution in [2.45, 2.75) is 52.3 Å². The van der Waals surface area contributed by atoms with Crippen LogP contribution in [0.5, 0.6) is 0 Å². The summed E-state index contributed by atoms with van der Waals surface area (Å²) in [6.07, 6.45) is 3.93. The van der Waals surface area contributed by atoms with Gasteiger partial charge < -0.3 is 15.0 Å². The van der Waals surface area contributed by atoms with Crippen LogP contribution in [0.4, 0.5) is 10.2 Å². The Bertz CT molecular complexity index is 451. The van der Waals surface area contributed by atoms with Gasteiger partial charge in [-0.05, 0) is 25.8 Å². The van der Waals surface area contributed by atoms with E-state index >= 15 is 0 Å². The molecule has 1 unspecified atom stereocenters. The lowest BCUT2D eigenvalue weighted by molar-refractivity contribution is 0.0523. The molecule has 1 fully saturated rings. The van der Waals surface area contributed by atoms with Gasteiger partial charge in [0.25, 0.3) is 0 Å². The molecule has 0 amide bonds. The van der Waals surface area contributed by atoms with E-state index in [-0.39, 0.29) is 11.9 Å². The number of anilines is 1. The topological polar surface area (TPSA) is 37.4 Å². The summed E-state index contributed by atoms with van der Waals surface area (Å²) in [5, 5.41) is 3.25. The first kappa shape index (κ1) is 16.2. The Kier molecular flexibility index (Phi) is 5.94. The Morgan fingerprint density at radius 3 is 3.05 bits per heavy atom. The van der Waals surface area contributed by atoms with Gasteiger partial charge in [0.15, 0.2) is 11.6 Å². The molecule has 1 aliphatic heterocycles. The van der Waals surface area contributed by atoms with Gasteiger partial charge in [0.1, 0.15) is 0 Å². The molecule has 21 heavy (non-hydrogen) atoms. The summed E-state index contributed by atoms with van der Waals surface area (Å²) in [6, 6.07) is 2.08. The van der Waals surface area contributed by atoms with Gasteiger partial charge in [-0.15, -0.1) is 0 Å². The fraction of sp³-hybridized carbons (Fsp3) is 0.688. The summed E-state index contributed by atoms with van der Waals surface area (Å²) in [4.78, 5) is 6.26. The van der Waals surface area contributed by atoms with Gasteiger partial charge in [-0.3, -0.25) is 0 Å². The fourth-order valence-electron chi connectivity index (χ4n) is 2.64. The Morgan fingerprint density at radius 2 is 2.33 bits per heavy atom. The van der Waals surface area contributed by atoms with Crippen molar-refractivity contribution in [3.63, 3.8) is 0 Å². The van der Waals surface area contributed by atoms with Crippen LogP contribution in [0.15, 0.2) is 12.3 Å². The smallest absolute Gasteiger partial charge is 0.170 e. The van der Waals surface area contributed by atoms with E-state index in [1.807, 2.05) is 11.8 Å². The van der Waals surface area contributed by atoms with Crippen LogP contribution in [0, 0.1) is 5.82 Å². The minimum absolute atomic E-state index is 0.183. The maximum Gasteiger partial charge on any atom is 0.170 e. The highest BCUT2D eigenvalue weighted by atomic mass is 19.1. The van der Waals surface area contributed by atoms with Crippen molar-refractivity contribution >= 4 is 5.82 Å². The summed E-state index contributed by atoms with van der Waals surface area (Å²) < 4.78 is 20.3. The molecule has 118 valence electrons. The van der Waals surface area contributed by atoms with Crippen LogP contribution < -0.4 is 10.2 Å². The molecule has 1 saturated heterocycles. The highest BCUT2D eigenvalue weighted by Gasteiger charge is 2.24. The van der Waals surface area contributed by atoms with Gasteiger partial charge >= 0.3 is 0 Å². The molecule has 1 atom stereocenters. The van der Waals surface area contributed by atoms with Gasteiger partial charge in [-0.2, -0.15) is 0 Å². The number of nitrogens with zero attached hydrogens (tertiary/aromatic N) is 2. The number of halogens is 1. The lowest BCUT2D eigenvalue weighted by Crippen LogP contribution is -2.40. The van der Waals surface area contributed by atoms with Gasteiger partial charge in [0.05, 0.1) is 6.10 Å². The second kappa shape index (κ2) is 7.71. The van der Waals surface area contributed by atoms with Gasteiger partial charge in [-0.25, -0.2) is 9.37 Å². The highest BCUT2D eigenvalue weighted by Crippen LogP contribution is 2.24. The van der Waals surface area contributed by atoms with Crippen molar-refractivity contribution in [1.82, 2.24) is 10.3 Å². The number of piperidine rings is 1. The molecule has 0 saturated carbocycles. The van der Waals surface area contributed by atoms with Crippen molar-refractivity contribution in [1.29, 1.82) is 0 Å². The molecule has 0 aliphatic carbocycles. The van der Waals surface area contributed by atoms with Gasteiger partial charge in [-0.1, -0.05) is 13.8 Å². The lowest BCUT2D eigenvalue weighted by Gasteiger charge is -2.33. The van der Waals surface area contributed by atoms with Crippen LogP contribution >= 0.6 is 0 Å². The lowest BCUT2D eigenvalue weighted by atomic mass is 10.1. The van der Waals surface area contributed by atoms with E-state index in [1.165, 1.54) is 0 Å². The van der Waals surface area contributed by atoms with Crippen LogP contribution in [0.2, 0.25) is 0 Å². The number of rotatable bonds is 6. The molecule has 0 aromatic carbocycles. The average molecular weight is 295 g/mol. The first-order valence-electron chi connectivity index (χ1n) is 7.85. The Balaban J connectivity index is 2.10. The quantitative estimate of drug-likeness (QED) is 0.875. The van der Waals surface area contributed by atoms with Crippen LogP contribution in [0.25, 0.3) is 0 Å². The normalized spacial score (nSPS) is 19.3. The zero-order valence-corrected chi connectivity index (χ0v) is 13.2. The summed E-state index contributed by atoms with van der Waals surface area (Å²) in [5.41, 5.74) is 0.673. The van der Waals surface area contributed by atoms with Crippen LogP contribution in [-0.4, -0.2) is 36.8 Å². The number of nitrogens with one attached hydrogen (secondary N) is 1. The van der Waals surface area contributed by atoms with E-state index in [0.29, 0.717) is 30.6 Å². The number of ether oxygens (including phenoxy) is 1. The van der Waals surface area contributed by atoms with Crippen molar-refractivity contribution in [3.8, 4) is 0 Å². The third kappa shape index (κ3) is 4.38. The first-order valence-corrected chi connectivity index (χ1v) is 7.85. The Morgan fingerprint density at radius 1 is 1.52 bits per heavy atom. The van der Waals surface area contributed by atoms with E-state index in [0.717, 1.165) is 25.9 Å². The van der Waals surface area contributed by atoms with E-state index in [1.54, 1.807) is 12.3 Å². The molecule has 4 nitrogen and oxygen atoms in total. The van der Waals surface area contributed by atoms with Crippen molar-refractivity contribution in [2.75, 3.05) is 24.6 Å². The van der Waals surface area contributed by atoms with E-state index < -0.39 is 0 Å². The van der Waals surface area contributed by atoms with E-state index in [2.05, 4.69) is 24.1 Å². The fourth-order valence-corrected chi connectivity index (χ4v) is 2.64. The molecule has 1 aromatic heterocycles. The standard InChI is InChI=1S/C16H26FN3O/c1-4-21-14-6-5-9-20(11-14)16-15(17)13(7-8-18-16)10-19-12(2)3/h7-8,12,14,19H,4-6,9-11H2,1-3H3. The summed E-state index contributed by atoms with van der Waals surface area (Å²) in [5.74, 6) is 0.255. The minimum Gasteiger partial charge on any atom is -0.377 e. The molecule has 0 spiro atoms. The number of pyridine rings is 1. The zero-order valence-electron chi connectivity index (χ0n) is 13.2. The molecular weight excluding hydrogens is 269 g/mol. The first-order chi connectivity index (χ1) is 10.1. The van der Waals surface area contributed by atoms with E-state index in [4.69, 9.17) is 4.74 Å². The largest absolute Gasteiger partial charge is 0.377 e. The van der Waals surface area contributed by atoms with Crippen LogP contribution in [-0.2, 0) is 11.3 Å². The Hall–Kier alpha value is -1.20. The van der Waals surface area contributed by atoms with Crippen molar-refractivity contribution in [2.24, 2.45) is 0 Å². The average Bonchev–Trinajstić information content (AvgIpc) is 2.47. The molecule has 0 bridgehead atoms. The van der Waals surface area contributed by atoms with E-state index in [9.17, 15) is 4.39 Å². The molecule has 1 N–H and O–H groups in total. The predicted molar refractivity (Wildman–Crippen MR) is 83.0 cm³/mol. The summed E-state index contributed by atoms with van der Waals surface area (Å²) >= 11 is 0. The molecular formula is C16H26FN3O. The van der Waals surface area contributed by atoms with Crippen molar-refractivity contribution < 1.29 is 9.13 Å². The second-order valence-electron chi connectivity index (χ2n) is 5.81. The third-order valence-electron chi connectivity index (χ3n) is 3.73. The summed E-state index contributed by atoms with van der Waals surface area (Å²) in [6.45, 7) is 8.90. The highest BCUT2D eigenvalue weighted by molar-refractivity contribution is 5.43. The SMILES string of the molecule is CCOC1CCCN(c2nccc(CNC(C)C)c2F)C1. The maximum atomic E-state index is 14.6. The number of aromatic nitrogens is 1. The molecule has 1 aliphatic rings. The predicted octanol–water partition coefficient (Wildman–Crippen LogP) is 2.72. The third-order valence-corrected chi connectivity index (χ3v) is 3.73. The molecule has 5 heteroatoms. The Labute approximate surface area is 126 Å².